The first-order valence-corrected chi connectivity index (χ1v) is 9.60. The van der Waals surface area contributed by atoms with Gasteiger partial charge in [0.25, 0.3) is 5.91 Å². The Balaban J connectivity index is 1.98. The fourth-order valence-electron chi connectivity index (χ4n) is 2.88. The Morgan fingerprint density at radius 3 is 1.96 bits per heavy atom. The van der Waals surface area contributed by atoms with Crippen LogP contribution in [0, 0.1) is 0 Å². The van der Waals surface area contributed by atoms with Crippen molar-refractivity contribution in [3.05, 3.63) is 59.7 Å². The lowest BCUT2D eigenvalue weighted by Gasteiger charge is -2.20. The molecule has 5 nitrogen and oxygen atoms in total. The molecule has 2 aromatic carbocycles. The molecule has 2 rings (SSSR count). The molecule has 0 saturated heterocycles. The molecule has 2 aromatic rings. The molecule has 0 aromatic heterocycles. The van der Waals surface area contributed by atoms with E-state index in [4.69, 9.17) is 9.47 Å². The molecule has 0 spiro atoms. The number of para-hydroxylation sites is 2. The van der Waals surface area contributed by atoms with Gasteiger partial charge in [0.15, 0.2) is 12.7 Å². The fourth-order valence-corrected chi connectivity index (χ4v) is 2.88. The van der Waals surface area contributed by atoms with Crippen molar-refractivity contribution >= 4 is 17.6 Å². The molecule has 0 radical (unpaired) electrons. The number of carbonyl (C=O) groups excluding carboxylic acids is 2. The number of ether oxygens (including phenoxy) is 2. The minimum absolute atomic E-state index is 0.260. The molecule has 0 fully saturated rings. The Morgan fingerprint density at radius 1 is 0.857 bits per heavy atom. The average Bonchev–Trinajstić information content (AvgIpc) is 2.66. The van der Waals surface area contributed by atoms with Gasteiger partial charge in [0.1, 0.15) is 5.75 Å². The molecule has 1 atom stereocenters. The maximum Gasteiger partial charge on any atom is 0.347 e. The van der Waals surface area contributed by atoms with Gasteiger partial charge in [-0.2, -0.15) is 0 Å². The minimum Gasteiger partial charge on any atom is -0.479 e. The summed E-state index contributed by atoms with van der Waals surface area (Å²) in [6.07, 6.45) is -0.802. The summed E-state index contributed by atoms with van der Waals surface area (Å²) in [7, 11) is 0. The number of benzene rings is 2. The van der Waals surface area contributed by atoms with Gasteiger partial charge in [0.2, 0.25) is 0 Å². The molecule has 5 heteroatoms. The van der Waals surface area contributed by atoms with E-state index in [-0.39, 0.29) is 24.3 Å². The lowest BCUT2D eigenvalue weighted by Crippen LogP contribution is -2.30. The van der Waals surface area contributed by atoms with Gasteiger partial charge in [-0.3, -0.25) is 4.79 Å². The highest BCUT2D eigenvalue weighted by Gasteiger charge is 2.20. The van der Waals surface area contributed by atoms with E-state index < -0.39 is 12.1 Å². The van der Waals surface area contributed by atoms with E-state index in [2.05, 4.69) is 33.0 Å². The molecule has 0 aliphatic heterocycles. The summed E-state index contributed by atoms with van der Waals surface area (Å²) >= 11 is 0. The smallest absolute Gasteiger partial charge is 0.347 e. The van der Waals surface area contributed by atoms with E-state index in [1.165, 1.54) is 0 Å². The maximum absolute atomic E-state index is 12.4. The molecular formula is C23H29NO4. The Hall–Kier alpha value is -2.82. The Kier molecular flexibility index (Phi) is 7.61. The van der Waals surface area contributed by atoms with Gasteiger partial charge in [0.05, 0.1) is 0 Å². The molecule has 0 heterocycles. The molecule has 0 bridgehead atoms. The SMILES string of the molecule is CC(C)c1cccc(C(C)C)c1NC(=O)COC(=O)[C@@H](C)Oc1ccccc1. The number of carbonyl (C=O) groups is 2. The van der Waals surface area contributed by atoms with Crippen LogP contribution >= 0.6 is 0 Å². The zero-order valence-electron chi connectivity index (χ0n) is 17.2. The van der Waals surface area contributed by atoms with Crippen molar-refractivity contribution < 1.29 is 19.1 Å². The number of anilines is 1. The van der Waals surface area contributed by atoms with Crippen LogP contribution < -0.4 is 10.1 Å². The topological polar surface area (TPSA) is 64.6 Å². The van der Waals surface area contributed by atoms with E-state index in [0.29, 0.717) is 5.75 Å². The largest absolute Gasteiger partial charge is 0.479 e. The second-order valence-electron chi connectivity index (χ2n) is 7.35. The Morgan fingerprint density at radius 2 is 1.43 bits per heavy atom. The van der Waals surface area contributed by atoms with Crippen LogP contribution in [0.25, 0.3) is 0 Å². The molecule has 150 valence electrons. The van der Waals surface area contributed by atoms with Crippen LogP contribution in [0.15, 0.2) is 48.5 Å². The third kappa shape index (κ3) is 5.84. The average molecular weight is 383 g/mol. The van der Waals surface area contributed by atoms with Crippen LogP contribution in [0.1, 0.15) is 57.6 Å². The zero-order valence-corrected chi connectivity index (χ0v) is 17.2. The second kappa shape index (κ2) is 9.93. The van der Waals surface area contributed by atoms with Crippen molar-refractivity contribution in [2.75, 3.05) is 11.9 Å². The van der Waals surface area contributed by atoms with Gasteiger partial charge < -0.3 is 14.8 Å². The van der Waals surface area contributed by atoms with Gasteiger partial charge in [0, 0.05) is 5.69 Å². The van der Waals surface area contributed by atoms with Gasteiger partial charge in [-0.15, -0.1) is 0 Å². The third-order valence-electron chi connectivity index (χ3n) is 4.37. The standard InChI is InChI=1S/C23H29NO4/c1-15(2)19-12-9-13-20(16(3)4)22(19)24-21(25)14-27-23(26)17(5)28-18-10-7-6-8-11-18/h6-13,15-17H,14H2,1-5H3,(H,24,25)/t17-/m1/s1. The van der Waals surface area contributed by atoms with Crippen molar-refractivity contribution in [3.63, 3.8) is 0 Å². The van der Waals surface area contributed by atoms with E-state index in [0.717, 1.165) is 16.8 Å². The van der Waals surface area contributed by atoms with Crippen molar-refractivity contribution in [1.82, 2.24) is 0 Å². The third-order valence-corrected chi connectivity index (χ3v) is 4.37. The van der Waals surface area contributed by atoms with E-state index in [1.807, 2.05) is 36.4 Å². The van der Waals surface area contributed by atoms with Gasteiger partial charge in [-0.05, 0) is 42.0 Å². The summed E-state index contributed by atoms with van der Waals surface area (Å²) in [6, 6.07) is 15.0. The van der Waals surface area contributed by atoms with Crippen LogP contribution in [0.4, 0.5) is 5.69 Å². The Bertz CT molecular complexity index is 773. The van der Waals surface area contributed by atoms with Crippen LogP contribution in [0.5, 0.6) is 5.75 Å². The predicted molar refractivity (Wildman–Crippen MR) is 111 cm³/mol. The summed E-state index contributed by atoms with van der Waals surface area (Å²) in [6.45, 7) is 9.56. The highest BCUT2D eigenvalue weighted by atomic mass is 16.6. The molecule has 1 N–H and O–H groups in total. The first-order valence-electron chi connectivity index (χ1n) is 9.60. The summed E-state index contributed by atoms with van der Waals surface area (Å²) in [4.78, 5) is 24.5. The first kappa shape index (κ1) is 21.5. The van der Waals surface area contributed by atoms with Crippen molar-refractivity contribution in [1.29, 1.82) is 0 Å². The second-order valence-corrected chi connectivity index (χ2v) is 7.35. The summed E-state index contributed by atoms with van der Waals surface area (Å²) in [5.41, 5.74) is 2.93. The van der Waals surface area contributed by atoms with Crippen LogP contribution in [-0.4, -0.2) is 24.6 Å². The number of hydrogen-bond donors (Lipinski definition) is 1. The maximum atomic E-state index is 12.4. The zero-order chi connectivity index (χ0) is 20.7. The van der Waals surface area contributed by atoms with E-state index in [1.54, 1.807) is 19.1 Å². The summed E-state index contributed by atoms with van der Waals surface area (Å²) in [5, 5.41) is 2.93. The Labute approximate surface area is 167 Å². The number of amides is 1. The van der Waals surface area contributed by atoms with Crippen LogP contribution in [-0.2, 0) is 14.3 Å². The van der Waals surface area contributed by atoms with Crippen molar-refractivity contribution in [2.45, 2.75) is 52.6 Å². The molecule has 0 saturated carbocycles. The molecule has 0 aliphatic rings. The van der Waals surface area contributed by atoms with Crippen molar-refractivity contribution in [3.8, 4) is 5.75 Å². The number of hydrogen-bond acceptors (Lipinski definition) is 4. The highest BCUT2D eigenvalue weighted by molar-refractivity contribution is 5.94. The quantitative estimate of drug-likeness (QED) is 0.660. The lowest BCUT2D eigenvalue weighted by atomic mass is 9.92. The molecule has 1 amide bonds. The van der Waals surface area contributed by atoms with E-state index >= 15 is 0 Å². The number of esters is 1. The lowest BCUT2D eigenvalue weighted by molar-refractivity contribution is -0.153. The van der Waals surface area contributed by atoms with Crippen molar-refractivity contribution in [2.24, 2.45) is 0 Å². The monoisotopic (exact) mass is 383 g/mol. The fraction of sp³-hybridized carbons (Fsp3) is 0.391. The molecule has 0 unspecified atom stereocenters. The van der Waals surface area contributed by atoms with Crippen LogP contribution in [0.3, 0.4) is 0 Å². The minimum atomic E-state index is -0.802. The van der Waals surface area contributed by atoms with Gasteiger partial charge in [-0.1, -0.05) is 64.1 Å². The van der Waals surface area contributed by atoms with Gasteiger partial charge in [-0.25, -0.2) is 4.79 Å². The number of rotatable bonds is 8. The normalized spacial score (nSPS) is 12.0. The molecular weight excluding hydrogens is 354 g/mol. The van der Waals surface area contributed by atoms with Gasteiger partial charge >= 0.3 is 5.97 Å². The predicted octanol–water partition coefficient (Wildman–Crippen LogP) is 4.88. The molecule has 0 aliphatic carbocycles. The summed E-state index contributed by atoms with van der Waals surface area (Å²) < 4.78 is 10.7. The van der Waals surface area contributed by atoms with Crippen LogP contribution in [0.2, 0.25) is 0 Å². The highest BCUT2D eigenvalue weighted by Crippen LogP contribution is 2.32. The molecule has 28 heavy (non-hydrogen) atoms. The van der Waals surface area contributed by atoms with E-state index in [9.17, 15) is 9.59 Å². The number of nitrogens with one attached hydrogen (secondary N) is 1. The summed E-state index contributed by atoms with van der Waals surface area (Å²) in [5.74, 6) is 0.144. The first-order chi connectivity index (χ1) is 13.3.